The molecule has 1 aliphatic rings. The highest BCUT2D eigenvalue weighted by Crippen LogP contribution is 2.18. The lowest BCUT2D eigenvalue weighted by Crippen LogP contribution is -2.43. The van der Waals surface area contributed by atoms with Crippen molar-refractivity contribution in [2.24, 2.45) is 0 Å². The molecule has 1 aromatic carbocycles. The number of hydrogen-bond acceptors (Lipinski definition) is 4. The molecule has 0 aliphatic carbocycles. The highest BCUT2D eigenvalue weighted by Gasteiger charge is 2.21. The molecular weight excluding hydrogens is 256 g/mol. The van der Waals surface area contributed by atoms with Gasteiger partial charge in [-0.15, -0.1) is 0 Å². The summed E-state index contributed by atoms with van der Waals surface area (Å²) in [6.07, 6.45) is 1.91. The van der Waals surface area contributed by atoms with E-state index in [9.17, 15) is 4.79 Å². The summed E-state index contributed by atoms with van der Waals surface area (Å²) in [4.78, 5) is 11.8. The van der Waals surface area contributed by atoms with E-state index in [2.05, 4.69) is 10.6 Å². The molecule has 20 heavy (non-hydrogen) atoms. The zero-order valence-corrected chi connectivity index (χ0v) is 12.0. The quantitative estimate of drug-likeness (QED) is 0.824. The second kappa shape index (κ2) is 7.14. The number of ether oxygens (including phenoxy) is 2. The topological polar surface area (TPSA) is 59.6 Å². The van der Waals surface area contributed by atoms with Crippen molar-refractivity contribution >= 4 is 5.91 Å². The Balaban J connectivity index is 1.73. The molecule has 0 unspecified atom stereocenters. The molecule has 1 saturated heterocycles. The molecule has 1 amide bonds. The van der Waals surface area contributed by atoms with Crippen molar-refractivity contribution in [3.63, 3.8) is 0 Å². The van der Waals surface area contributed by atoms with Crippen molar-refractivity contribution in [2.75, 3.05) is 20.2 Å². The number of nitrogens with one attached hydrogen (secondary N) is 2. The fourth-order valence-corrected chi connectivity index (χ4v) is 2.20. The van der Waals surface area contributed by atoms with Crippen molar-refractivity contribution in [2.45, 2.75) is 31.9 Å². The van der Waals surface area contributed by atoms with Crippen molar-refractivity contribution in [3.05, 3.63) is 24.3 Å². The van der Waals surface area contributed by atoms with E-state index in [1.807, 2.05) is 31.2 Å². The van der Waals surface area contributed by atoms with E-state index in [0.29, 0.717) is 6.54 Å². The smallest absolute Gasteiger partial charge is 0.237 e. The summed E-state index contributed by atoms with van der Waals surface area (Å²) < 4.78 is 10.8. The van der Waals surface area contributed by atoms with Crippen LogP contribution in [0.1, 0.15) is 19.8 Å². The maximum absolute atomic E-state index is 11.8. The Kier molecular flexibility index (Phi) is 5.24. The Morgan fingerprint density at radius 1 is 1.40 bits per heavy atom. The van der Waals surface area contributed by atoms with Crippen LogP contribution in [0.2, 0.25) is 0 Å². The maximum atomic E-state index is 11.8. The molecule has 0 spiro atoms. The maximum Gasteiger partial charge on any atom is 0.237 e. The van der Waals surface area contributed by atoms with Crippen molar-refractivity contribution in [1.82, 2.24) is 10.6 Å². The fraction of sp³-hybridized carbons (Fsp3) is 0.533. The second-order valence-electron chi connectivity index (χ2n) is 5.00. The van der Waals surface area contributed by atoms with Gasteiger partial charge in [0.1, 0.15) is 17.6 Å². The van der Waals surface area contributed by atoms with Gasteiger partial charge in [0.2, 0.25) is 5.91 Å². The lowest BCUT2D eigenvalue weighted by Gasteiger charge is -2.17. The normalized spacial score (nSPS) is 19.4. The third-order valence-corrected chi connectivity index (χ3v) is 3.34. The summed E-state index contributed by atoms with van der Waals surface area (Å²) in [5, 5.41) is 6.09. The van der Waals surface area contributed by atoms with Gasteiger partial charge in [0.25, 0.3) is 0 Å². The van der Waals surface area contributed by atoms with Crippen LogP contribution in [0.4, 0.5) is 0 Å². The van der Waals surface area contributed by atoms with Gasteiger partial charge in [0.05, 0.1) is 19.7 Å². The van der Waals surface area contributed by atoms with Crippen LogP contribution in [0.15, 0.2) is 24.3 Å². The van der Waals surface area contributed by atoms with Crippen LogP contribution in [-0.4, -0.2) is 38.3 Å². The minimum absolute atomic E-state index is 0.0387. The number of rotatable bonds is 6. The van der Waals surface area contributed by atoms with E-state index in [0.717, 1.165) is 30.9 Å². The van der Waals surface area contributed by atoms with E-state index >= 15 is 0 Å². The first-order valence-electron chi connectivity index (χ1n) is 7.01. The minimum atomic E-state index is -0.0752. The molecule has 1 fully saturated rings. The number of methoxy groups -OCH3 is 1. The first-order chi connectivity index (χ1) is 9.69. The first kappa shape index (κ1) is 14.7. The third kappa shape index (κ3) is 4.13. The SMILES string of the molecule is COc1ccc(O[C@H](C)CNC(=O)[C@H]2CCCN2)cc1. The molecule has 1 aliphatic heterocycles. The molecule has 2 rings (SSSR count). The molecule has 0 saturated carbocycles. The number of carbonyl (C=O) groups is 1. The van der Waals surface area contributed by atoms with Crippen LogP contribution in [-0.2, 0) is 4.79 Å². The molecule has 0 aromatic heterocycles. The molecule has 2 atom stereocenters. The van der Waals surface area contributed by atoms with Gasteiger partial charge in [-0.2, -0.15) is 0 Å². The lowest BCUT2D eigenvalue weighted by atomic mass is 10.2. The average molecular weight is 278 g/mol. The van der Waals surface area contributed by atoms with Crippen LogP contribution in [0.25, 0.3) is 0 Å². The van der Waals surface area contributed by atoms with E-state index in [1.165, 1.54) is 0 Å². The Hall–Kier alpha value is -1.75. The predicted molar refractivity (Wildman–Crippen MR) is 77.1 cm³/mol. The summed E-state index contributed by atoms with van der Waals surface area (Å²) in [7, 11) is 1.63. The number of hydrogen-bond donors (Lipinski definition) is 2. The molecule has 1 heterocycles. The van der Waals surface area contributed by atoms with Crippen molar-refractivity contribution in [1.29, 1.82) is 0 Å². The molecular formula is C15H22N2O3. The van der Waals surface area contributed by atoms with Crippen LogP contribution in [0, 0.1) is 0 Å². The van der Waals surface area contributed by atoms with Gasteiger partial charge in [0, 0.05) is 0 Å². The van der Waals surface area contributed by atoms with Gasteiger partial charge in [-0.1, -0.05) is 0 Å². The van der Waals surface area contributed by atoms with Crippen LogP contribution in [0.5, 0.6) is 11.5 Å². The van der Waals surface area contributed by atoms with Crippen molar-refractivity contribution < 1.29 is 14.3 Å². The summed E-state index contributed by atoms with van der Waals surface area (Å²) in [6, 6.07) is 7.38. The zero-order chi connectivity index (χ0) is 14.4. The summed E-state index contributed by atoms with van der Waals surface area (Å²) in [5.74, 6) is 1.63. The standard InChI is InChI=1S/C15H22N2O3/c1-11(10-17-15(18)14-4-3-9-16-14)20-13-7-5-12(19-2)6-8-13/h5-8,11,14,16H,3-4,9-10H2,1-2H3,(H,17,18)/t11-,14-/m1/s1. The molecule has 110 valence electrons. The van der Waals surface area contributed by atoms with Crippen molar-refractivity contribution in [3.8, 4) is 11.5 Å². The summed E-state index contributed by atoms with van der Waals surface area (Å²) in [5.41, 5.74) is 0. The van der Waals surface area contributed by atoms with E-state index < -0.39 is 0 Å². The monoisotopic (exact) mass is 278 g/mol. The lowest BCUT2D eigenvalue weighted by molar-refractivity contribution is -0.123. The molecule has 0 radical (unpaired) electrons. The van der Waals surface area contributed by atoms with Gasteiger partial charge in [-0.05, 0) is 50.6 Å². The van der Waals surface area contributed by atoms with E-state index in [1.54, 1.807) is 7.11 Å². The van der Waals surface area contributed by atoms with E-state index in [4.69, 9.17) is 9.47 Å². The molecule has 5 heteroatoms. The van der Waals surface area contributed by atoms with Gasteiger partial charge in [0.15, 0.2) is 0 Å². The van der Waals surface area contributed by atoms with E-state index in [-0.39, 0.29) is 18.1 Å². The Bertz CT molecular complexity index is 427. The largest absolute Gasteiger partial charge is 0.497 e. The van der Waals surface area contributed by atoms with Crippen LogP contribution in [0.3, 0.4) is 0 Å². The fourth-order valence-electron chi connectivity index (χ4n) is 2.20. The molecule has 5 nitrogen and oxygen atoms in total. The zero-order valence-electron chi connectivity index (χ0n) is 12.0. The molecule has 1 aromatic rings. The molecule has 2 N–H and O–H groups in total. The number of benzene rings is 1. The highest BCUT2D eigenvalue weighted by atomic mass is 16.5. The predicted octanol–water partition coefficient (Wildman–Crippen LogP) is 1.33. The Labute approximate surface area is 119 Å². The molecule has 0 bridgehead atoms. The Morgan fingerprint density at radius 3 is 2.70 bits per heavy atom. The average Bonchev–Trinajstić information content (AvgIpc) is 3.00. The first-order valence-corrected chi connectivity index (χ1v) is 7.01. The van der Waals surface area contributed by atoms with Gasteiger partial charge in [-0.3, -0.25) is 4.79 Å². The number of carbonyl (C=O) groups excluding carboxylic acids is 1. The summed E-state index contributed by atoms with van der Waals surface area (Å²) in [6.45, 7) is 3.37. The number of amides is 1. The summed E-state index contributed by atoms with van der Waals surface area (Å²) >= 11 is 0. The van der Waals surface area contributed by atoms with Crippen LogP contribution < -0.4 is 20.1 Å². The van der Waals surface area contributed by atoms with Crippen LogP contribution >= 0.6 is 0 Å². The van der Waals surface area contributed by atoms with Gasteiger partial charge >= 0.3 is 0 Å². The second-order valence-corrected chi connectivity index (χ2v) is 5.00. The Morgan fingerprint density at radius 2 is 2.10 bits per heavy atom. The highest BCUT2D eigenvalue weighted by molar-refractivity contribution is 5.82. The van der Waals surface area contributed by atoms with Gasteiger partial charge in [-0.25, -0.2) is 0 Å². The van der Waals surface area contributed by atoms with Gasteiger partial charge < -0.3 is 20.1 Å². The third-order valence-electron chi connectivity index (χ3n) is 3.34. The minimum Gasteiger partial charge on any atom is -0.497 e.